The van der Waals surface area contributed by atoms with Gasteiger partial charge in [-0.05, 0) is 83.3 Å². The van der Waals surface area contributed by atoms with Crippen molar-refractivity contribution in [3.63, 3.8) is 0 Å². The Labute approximate surface area is 276 Å². The van der Waals surface area contributed by atoms with Crippen molar-refractivity contribution in [2.45, 2.75) is 63.4 Å². The number of ether oxygens (including phenoxy) is 2. The molecule has 0 bridgehead atoms. The van der Waals surface area contributed by atoms with E-state index in [1.165, 1.54) is 18.2 Å². The van der Waals surface area contributed by atoms with Gasteiger partial charge in [-0.2, -0.15) is 0 Å². The highest BCUT2D eigenvalue weighted by atomic mass is 16.5. The molecule has 4 aromatic carbocycles. The molecular formula is C39H41N3O5. The number of benzene rings is 4. The summed E-state index contributed by atoms with van der Waals surface area (Å²) in [7, 11) is 3.23. The summed E-state index contributed by atoms with van der Waals surface area (Å²) in [6, 6.07) is 29.5. The minimum absolute atomic E-state index is 0.0183. The van der Waals surface area contributed by atoms with Crippen LogP contribution >= 0.6 is 0 Å². The summed E-state index contributed by atoms with van der Waals surface area (Å²) in [4.78, 5) is 43.5. The third kappa shape index (κ3) is 7.08. The van der Waals surface area contributed by atoms with E-state index in [0.29, 0.717) is 37.3 Å². The van der Waals surface area contributed by atoms with Crippen LogP contribution in [0.25, 0.3) is 0 Å². The van der Waals surface area contributed by atoms with Gasteiger partial charge in [0, 0.05) is 20.0 Å². The predicted octanol–water partition coefficient (Wildman–Crippen LogP) is 5.41. The van der Waals surface area contributed by atoms with Gasteiger partial charge in [0.05, 0.1) is 24.8 Å². The van der Waals surface area contributed by atoms with Crippen LogP contribution in [-0.2, 0) is 46.7 Å². The van der Waals surface area contributed by atoms with E-state index in [9.17, 15) is 14.4 Å². The molecule has 3 atom stereocenters. The maximum atomic E-state index is 14.2. The monoisotopic (exact) mass is 631 g/mol. The Morgan fingerprint density at radius 2 is 1.53 bits per heavy atom. The molecule has 0 radical (unpaired) electrons. The van der Waals surface area contributed by atoms with Crippen LogP contribution < -0.4 is 10.5 Å². The fourth-order valence-corrected chi connectivity index (χ4v) is 6.79. The molecule has 4 aromatic rings. The third-order valence-electron chi connectivity index (χ3n) is 9.45. The minimum atomic E-state index is -0.809. The van der Waals surface area contributed by atoms with Crippen molar-refractivity contribution in [1.29, 1.82) is 0 Å². The standard InChI is InChI=1S/C39H41N3O5/c1-41(35-13-7-11-28-8-5-6-12-33(28)35)38(44)36-23-30-9-3-4-10-31(30)24-42(36)37(43)34(40)22-26-16-20-32(21-17-26)47-25-27-14-18-29(19-15-27)39(45)46-2/h3-6,8-10,12,14-21,34-36H,7,11,13,22-25,40H2,1-2H3/t34-,35+,36-/m0/s1. The quantitative estimate of drug-likeness (QED) is 0.248. The second-order valence-corrected chi connectivity index (χ2v) is 12.4. The summed E-state index contributed by atoms with van der Waals surface area (Å²) in [5.74, 6) is 0.0143. The van der Waals surface area contributed by atoms with Gasteiger partial charge in [0.15, 0.2) is 0 Å². The second kappa shape index (κ2) is 14.2. The number of methoxy groups -OCH3 is 1. The van der Waals surface area contributed by atoms with Gasteiger partial charge in [-0.1, -0.05) is 72.8 Å². The third-order valence-corrected chi connectivity index (χ3v) is 9.45. The number of nitrogens with two attached hydrogens (primary N) is 1. The van der Waals surface area contributed by atoms with Crippen molar-refractivity contribution in [2.24, 2.45) is 5.73 Å². The Morgan fingerprint density at radius 3 is 2.26 bits per heavy atom. The first-order valence-corrected chi connectivity index (χ1v) is 16.2. The minimum Gasteiger partial charge on any atom is -0.489 e. The number of esters is 1. The van der Waals surface area contributed by atoms with Gasteiger partial charge in [-0.25, -0.2) is 4.79 Å². The number of hydrogen-bond acceptors (Lipinski definition) is 6. The summed E-state index contributed by atoms with van der Waals surface area (Å²) in [6.07, 6.45) is 3.73. The van der Waals surface area contributed by atoms with Crippen molar-refractivity contribution >= 4 is 17.8 Å². The summed E-state index contributed by atoms with van der Waals surface area (Å²) < 4.78 is 10.7. The Hall–Kier alpha value is -4.95. The molecule has 0 fully saturated rings. The number of likely N-dealkylation sites (N-methyl/N-ethyl adjacent to an activating group) is 1. The lowest BCUT2D eigenvalue weighted by atomic mass is 9.86. The van der Waals surface area contributed by atoms with Gasteiger partial charge in [-0.15, -0.1) is 0 Å². The summed E-state index contributed by atoms with van der Waals surface area (Å²) in [5.41, 5.74) is 13.5. The SMILES string of the molecule is COC(=O)c1ccc(COc2ccc(C[C@H](N)C(=O)N3Cc4ccccc4C[C@H]3C(=O)N(C)[C@@H]3CCCc4ccccc43)cc2)cc1. The molecule has 2 N–H and O–H groups in total. The van der Waals surface area contributed by atoms with Crippen molar-refractivity contribution in [1.82, 2.24) is 9.80 Å². The van der Waals surface area contributed by atoms with Gasteiger partial charge >= 0.3 is 5.97 Å². The molecule has 47 heavy (non-hydrogen) atoms. The summed E-state index contributed by atoms with van der Waals surface area (Å²) in [6.45, 7) is 0.688. The van der Waals surface area contributed by atoms with E-state index in [-0.39, 0.29) is 23.8 Å². The number of hydrogen-bond donors (Lipinski definition) is 1. The Balaban J connectivity index is 1.12. The van der Waals surface area contributed by atoms with E-state index in [4.69, 9.17) is 15.2 Å². The maximum Gasteiger partial charge on any atom is 0.337 e. The van der Waals surface area contributed by atoms with Crippen molar-refractivity contribution < 1.29 is 23.9 Å². The molecule has 242 valence electrons. The van der Waals surface area contributed by atoms with E-state index >= 15 is 0 Å². The van der Waals surface area contributed by atoms with Crippen LogP contribution in [0.4, 0.5) is 0 Å². The topological polar surface area (TPSA) is 102 Å². The van der Waals surface area contributed by atoms with E-state index < -0.39 is 12.1 Å². The number of carbonyl (C=O) groups excluding carboxylic acids is 3. The fraction of sp³-hybridized carbons (Fsp3) is 0.308. The van der Waals surface area contributed by atoms with E-state index in [1.807, 2.05) is 78.7 Å². The summed E-state index contributed by atoms with van der Waals surface area (Å²) >= 11 is 0. The number of aryl methyl sites for hydroxylation is 1. The van der Waals surface area contributed by atoms with Crippen LogP contribution in [0.1, 0.15) is 62.6 Å². The predicted molar refractivity (Wildman–Crippen MR) is 180 cm³/mol. The molecule has 1 heterocycles. The number of carbonyl (C=O) groups is 3. The zero-order valence-electron chi connectivity index (χ0n) is 26.9. The molecule has 2 aliphatic rings. The van der Waals surface area contributed by atoms with E-state index in [0.717, 1.165) is 41.5 Å². The normalized spacial score (nSPS) is 17.6. The van der Waals surface area contributed by atoms with Crippen LogP contribution in [0.2, 0.25) is 0 Å². The smallest absolute Gasteiger partial charge is 0.337 e. The first-order valence-electron chi connectivity index (χ1n) is 16.2. The molecule has 6 rings (SSSR count). The molecule has 0 spiro atoms. The van der Waals surface area contributed by atoms with Gasteiger partial charge < -0.3 is 25.0 Å². The van der Waals surface area contributed by atoms with Gasteiger partial charge in [0.25, 0.3) is 0 Å². The van der Waals surface area contributed by atoms with Crippen LogP contribution in [0, 0.1) is 0 Å². The first-order chi connectivity index (χ1) is 22.8. The number of nitrogens with zero attached hydrogens (tertiary/aromatic N) is 2. The zero-order chi connectivity index (χ0) is 32.9. The largest absolute Gasteiger partial charge is 0.489 e. The molecule has 1 aliphatic carbocycles. The highest BCUT2D eigenvalue weighted by Gasteiger charge is 2.39. The number of rotatable bonds is 9. The molecule has 2 amide bonds. The fourth-order valence-electron chi connectivity index (χ4n) is 6.79. The van der Waals surface area contributed by atoms with Gasteiger partial charge in [0.1, 0.15) is 18.4 Å². The highest BCUT2D eigenvalue weighted by Crippen LogP contribution is 2.35. The average Bonchev–Trinajstić information content (AvgIpc) is 3.12. The first kappa shape index (κ1) is 32.0. The lowest BCUT2D eigenvalue weighted by Crippen LogP contribution is -2.57. The molecule has 0 unspecified atom stereocenters. The average molecular weight is 632 g/mol. The lowest BCUT2D eigenvalue weighted by molar-refractivity contribution is -0.148. The molecule has 8 nitrogen and oxygen atoms in total. The number of fused-ring (bicyclic) bond motifs is 2. The Morgan fingerprint density at radius 1 is 0.872 bits per heavy atom. The van der Waals surface area contributed by atoms with E-state index in [2.05, 4.69) is 18.2 Å². The van der Waals surface area contributed by atoms with Gasteiger partial charge in [0.2, 0.25) is 11.8 Å². The molecular weight excluding hydrogens is 590 g/mol. The molecule has 0 aromatic heterocycles. The second-order valence-electron chi connectivity index (χ2n) is 12.4. The zero-order valence-corrected chi connectivity index (χ0v) is 26.9. The van der Waals surface area contributed by atoms with Crippen LogP contribution in [0.5, 0.6) is 5.75 Å². The van der Waals surface area contributed by atoms with Crippen LogP contribution in [0.3, 0.4) is 0 Å². The van der Waals surface area contributed by atoms with Gasteiger partial charge in [-0.3, -0.25) is 9.59 Å². The lowest BCUT2D eigenvalue weighted by Gasteiger charge is -2.41. The number of amides is 2. The van der Waals surface area contributed by atoms with E-state index in [1.54, 1.807) is 17.0 Å². The maximum absolute atomic E-state index is 14.2. The van der Waals surface area contributed by atoms with Crippen molar-refractivity contribution in [2.75, 3.05) is 14.2 Å². The molecule has 0 saturated heterocycles. The van der Waals surface area contributed by atoms with Crippen molar-refractivity contribution in [3.05, 3.63) is 136 Å². The Kier molecular flexibility index (Phi) is 9.68. The molecule has 0 saturated carbocycles. The molecule has 1 aliphatic heterocycles. The molecule has 8 heteroatoms. The van der Waals surface area contributed by atoms with Crippen LogP contribution in [0.15, 0.2) is 97.1 Å². The van der Waals surface area contributed by atoms with Crippen LogP contribution in [-0.4, -0.2) is 53.8 Å². The van der Waals surface area contributed by atoms with Crippen molar-refractivity contribution in [3.8, 4) is 5.75 Å². The highest BCUT2D eigenvalue weighted by molar-refractivity contribution is 5.91. The summed E-state index contributed by atoms with van der Waals surface area (Å²) in [5, 5.41) is 0. The Bertz CT molecular complexity index is 1740.